The van der Waals surface area contributed by atoms with E-state index in [0.29, 0.717) is 11.4 Å². The van der Waals surface area contributed by atoms with Gasteiger partial charge in [-0.05, 0) is 82.2 Å². The maximum atomic E-state index is 14.3. The lowest BCUT2D eigenvalue weighted by atomic mass is 10.0. The zero-order valence-corrected chi connectivity index (χ0v) is 26.3. The predicted molar refractivity (Wildman–Crippen MR) is 172 cm³/mol. The number of hydrogen-bond acceptors (Lipinski definition) is 5. The molecule has 0 radical (unpaired) electrons. The van der Waals surface area contributed by atoms with Crippen molar-refractivity contribution in [3.8, 4) is 5.75 Å². The molecule has 0 saturated carbocycles. The van der Waals surface area contributed by atoms with Crippen molar-refractivity contribution >= 4 is 50.1 Å². The summed E-state index contributed by atoms with van der Waals surface area (Å²) in [5, 5.41) is 2.69. The van der Waals surface area contributed by atoms with Crippen molar-refractivity contribution < 1.29 is 22.7 Å². The van der Waals surface area contributed by atoms with Crippen LogP contribution in [0.15, 0.2) is 114 Å². The molecule has 0 heterocycles. The van der Waals surface area contributed by atoms with Crippen molar-refractivity contribution in [2.75, 3.05) is 25.0 Å². The summed E-state index contributed by atoms with van der Waals surface area (Å²) in [5.41, 5.74) is 1.94. The van der Waals surface area contributed by atoms with Crippen LogP contribution in [0.5, 0.6) is 5.75 Å². The Bertz CT molecular complexity index is 1600. The molecule has 1 N–H and O–H groups in total. The second-order valence-corrected chi connectivity index (χ2v) is 12.6. The van der Waals surface area contributed by atoms with Crippen molar-refractivity contribution in [3.63, 3.8) is 0 Å². The minimum Gasteiger partial charge on any atom is -0.497 e. The van der Waals surface area contributed by atoms with Crippen molar-refractivity contribution in [1.29, 1.82) is 0 Å². The molecule has 2 amide bonds. The van der Waals surface area contributed by atoms with Gasteiger partial charge in [-0.3, -0.25) is 13.9 Å². The molecule has 1 atom stereocenters. The Morgan fingerprint density at radius 2 is 1.48 bits per heavy atom. The zero-order valence-electron chi connectivity index (χ0n) is 23.3. The fourth-order valence-electron chi connectivity index (χ4n) is 4.54. The molecule has 0 bridgehead atoms. The lowest BCUT2D eigenvalue weighted by molar-refractivity contribution is -0.139. The molecule has 0 aliphatic heterocycles. The van der Waals surface area contributed by atoms with E-state index in [1.165, 1.54) is 24.1 Å². The molecule has 4 rings (SSSR count). The van der Waals surface area contributed by atoms with Gasteiger partial charge in [-0.15, -0.1) is 0 Å². The molecule has 4 aromatic rings. The van der Waals surface area contributed by atoms with Gasteiger partial charge in [-0.1, -0.05) is 60.7 Å². The third-order valence-corrected chi connectivity index (χ3v) is 9.24. The van der Waals surface area contributed by atoms with Crippen molar-refractivity contribution in [3.05, 3.63) is 124 Å². The Morgan fingerprint density at radius 1 is 0.857 bits per heavy atom. The predicted octanol–water partition coefficient (Wildman–Crippen LogP) is 4.88. The van der Waals surface area contributed by atoms with Crippen LogP contribution >= 0.6 is 22.6 Å². The summed E-state index contributed by atoms with van der Waals surface area (Å²) in [6.45, 7) is -0.447. The Morgan fingerprint density at radius 3 is 2.10 bits per heavy atom. The number of sulfonamides is 1. The molecule has 10 heteroatoms. The minimum atomic E-state index is -4.13. The topological polar surface area (TPSA) is 96.0 Å². The third-order valence-electron chi connectivity index (χ3n) is 6.73. The number of carbonyl (C=O) groups excluding carboxylic acids is 2. The molecule has 0 aliphatic carbocycles. The monoisotopic (exact) mass is 697 g/mol. The number of carbonyl (C=O) groups is 2. The molecule has 0 saturated heterocycles. The van der Waals surface area contributed by atoms with Crippen LogP contribution in [0.4, 0.5) is 5.69 Å². The Balaban J connectivity index is 1.78. The normalized spacial score (nSPS) is 11.8. The summed E-state index contributed by atoms with van der Waals surface area (Å²) in [6.07, 6.45) is 0.241. The number of anilines is 1. The minimum absolute atomic E-state index is 0.0582. The first-order chi connectivity index (χ1) is 20.2. The van der Waals surface area contributed by atoms with Gasteiger partial charge in [0.2, 0.25) is 11.8 Å². The van der Waals surface area contributed by atoms with E-state index in [9.17, 15) is 18.0 Å². The standard InChI is InChI=1S/C32H32IN3O5S/c1-34-32(38)30(21-24-10-5-3-6-11-24)35(22-25-12-9-13-28(20-25)41-2)31(37)23-36(27-18-16-26(33)17-19-27)42(39,40)29-14-7-4-8-15-29/h3-20,30H,21-23H2,1-2H3,(H,34,38). The van der Waals surface area contributed by atoms with Gasteiger partial charge in [0, 0.05) is 23.6 Å². The average Bonchev–Trinajstić information content (AvgIpc) is 3.02. The molecule has 1 unspecified atom stereocenters. The summed E-state index contributed by atoms with van der Waals surface area (Å²) in [7, 11) is -1.05. The fourth-order valence-corrected chi connectivity index (χ4v) is 6.34. The van der Waals surface area contributed by atoms with E-state index in [1.807, 2.05) is 36.4 Å². The molecule has 218 valence electrons. The van der Waals surface area contributed by atoms with Crippen molar-refractivity contribution in [2.45, 2.75) is 23.9 Å². The van der Waals surface area contributed by atoms with E-state index in [1.54, 1.807) is 67.8 Å². The van der Waals surface area contributed by atoms with Crippen LogP contribution in [-0.4, -0.2) is 51.9 Å². The molecule has 4 aromatic carbocycles. The van der Waals surface area contributed by atoms with Crippen molar-refractivity contribution in [1.82, 2.24) is 10.2 Å². The number of methoxy groups -OCH3 is 1. The SMILES string of the molecule is CNC(=O)C(Cc1ccccc1)N(Cc1cccc(OC)c1)C(=O)CN(c1ccc(I)cc1)S(=O)(=O)c1ccccc1. The maximum Gasteiger partial charge on any atom is 0.264 e. The number of nitrogens with one attached hydrogen (secondary N) is 1. The van der Waals surface area contributed by atoms with Crippen LogP contribution in [-0.2, 0) is 32.6 Å². The van der Waals surface area contributed by atoms with Crippen LogP contribution < -0.4 is 14.4 Å². The van der Waals surface area contributed by atoms with E-state index in [2.05, 4.69) is 27.9 Å². The molecule has 0 spiro atoms. The first kappa shape index (κ1) is 31.0. The summed E-state index contributed by atoms with van der Waals surface area (Å²) >= 11 is 2.14. The highest BCUT2D eigenvalue weighted by Gasteiger charge is 2.34. The number of halogens is 1. The molecular formula is C32H32IN3O5S. The van der Waals surface area contributed by atoms with E-state index in [0.717, 1.165) is 19.0 Å². The van der Waals surface area contributed by atoms with Gasteiger partial charge in [0.25, 0.3) is 10.0 Å². The number of likely N-dealkylation sites (N-methyl/N-ethyl adjacent to an activating group) is 1. The lowest BCUT2D eigenvalue weighted by Gasteiger charge is -2.33. The molecule has 0 aromatic heterocycles. The number of ether oxygens (including phenoxy) is 1. The average molecular weight is 698 g/mol. The molecular weight excluding hydrogens is 665 g/mol. The Hall–Kier alpha value is -3.90. The largest absolute Gasteiger partial charge is 0.497 e. The quantitative estimate of drug-likeness (QED) is 0.213. The molecule has 0 fully saturated rings. The van der Waals surface area contributed by atoms with E-state index in [4.69, 9.17) is 4.74 Å². The number of nitrogens with zero attached hydrogens (tertiary/aromatic N) is 2. The highest BCUT2D eigenvalue weighted by molar-refractivity contribution is 14.1. The first-order valence-corrected chi connectivity index (χ1v) is 15.8. The molecule has 0 aliphatic rings. The van der Waals surface area contributed by atoms with Gasteiger partial charge in [-0.25, -0.2) is 8.42 Å². The number of amides is 2. The summed E-state index contributed by atoms with van der Waals surface area (Å²) < 4.78 is 35.2. The zero-order chi connectivity index (χ0) is 30.1. The van der Waals surface area contributed by atoms with E-state index >= 15 is 0 Å². The van der Waals surface area contributed by atoms with Gasteiger partial charge >= 0.3 is 0 Å². The van der Waals surface area contributed by atoms with Gasteiger partial charge < -0.3 is 15.0 Å². The van der Waals surface area contributed by atoms with Crippen LogP contribution in [0.25, 0.3) is 0 Å². The van der Waals surface area contributed by atoms with Gasteiger partial charge in [0.15, 0.2) is 0 Å². The highest BCUT2D eigenvalue weighted by Crippen LogP contribution is 2.26. The smallest absolute Gasteiger partial charge is 0.264 e. The van der Waals surface area contributed by atoms with Crippen LogP contribution in [0.1, 0.15) is 11.1 Å². The highest BCUT2D eigenvalue weighted by atomic mass is 127. The van der Waals surface area contributed by atoms with Crippen LogP contribution in [0, 0.1) is 3.57 Å². The number of benzene rings is 4. The number of rotatable bonds is 12. The van der Waals surface area contributed by atoms with Gasteiger partial charge in [0.05, 0.1) is 17.7 Å². The second-order valence-electron chi connectivity index (χ2n) is 9.49. The van der Waals surface area contributed by atoms with Gasteiger partial charge in [-0.2, -0.15) is 0 Å². The van der Waals surface area contributed by atoms with E-state index in [-0.39, 0.29) is 23.8 Å². The lowest BCUT2D eigenvalue weighted by Crippen LogP contribution is -2.53. The summed E-state index contributed by atoms with van der Waals surface area (Å²) in [4.78, 5) is 29.1. The Labute approximate surface area is 260 Å². The van der Waals surface area contributed by atoms with E-state index < -0.39 is 28.5 Å². The van der Waals surface area contributed by atoms with Gasteiger partial charge in [0.1, 0.15) is 18.3 Å². The molecule has 8 nitrogen and oxygen atoms in total. The summed E-state index contributed by atoms with van der Waals surface area (Å²) in [5.74, 6) is -0.283. The second kappa shape index (κ2) is 14.3. The Kier molecular flexibility index (Phi) is 10.6. The fraction of sp³-hybridized carbons (Fsp3) is 0.188. The third kappa shape index (κ3) is 7.68. The molecule has 42 heavy (non-hydrogen) atoms. The first-order valence-electron chi connectivity index (χ1n) is 13.2. The van der Waals surface area contributed by atoms with Crippen LogP contribution in [0.2, 0.25) is 0 Å². The number of hydrogen-bond donors (Lipinski definition) is 1. The van der Waals surface area contributed by atoms with Crippen LogP contribution in [0.3, 0.4) is 0 Å². The van der Waals surface area contributed by atoms with Crippen molar-refractivity contribution in [2.24, 2.45) is 0 Å². The summed E-state index contributed by atoms with van der Waals surface area (Å²) in [6, 6.07) is 30.6. The maximum absolute atomic E-state index is 14.3.